The van der Waals surface area contributed by atoms with Crippen molar-refractivity contribution >= 4 is 0 Å². The molecule has 1 atom stereocenters. The maximum atomic E-state index is 9.74. The lowest BCUT2D eigenvalue weighted by Crippen LogP contribution is -2.50. The topological polar surface area (TPSA) is 52.7 Å². The van der Waals surface area contributed by atoms with Crippen molar-refractivity contribution in [1.82, 2.24) is 9.80 Å². The van der Waals surface area contributed by atoms with Gasteiger partial charge in [-0.05, 0) is 45.7 Å². The number of hydrogen-bond acceptors (Lipinski definition) is 4. The molecule has 1 unspecified atom stereocenters. The fraction of sp³-hybridized carbons (Fsp3) is 0.625. The highest BCUT2D eigenvalue weighted by Gasteiger charge is 2.28. The van der Waals surface area contributed by atoms with Crippen molar-refractivity contribution < 1.29 is 5.11 Å². The predicted molar refractivity (Wildman–Crippen MR) is 84.7 cm³/mol. The van der Waals surface area contributed by atoms with E-state index in [9.17, 15) is 5.11 Å². The Hall–Kier alpha value is -0.940. The molecule has 0 fully saturated rings. The van der Waals surface area contributed by atoms with Crippen LogP contribution in [-0.4, -0.2) is 61.8 Å². The Balaban J connectivity index is 2.65. The maximum Gasteiger partial charge on any atom is 0.0772 e. The van der Waals surface area contributed by atoms with Gasteiger partial charge in [-0.1, -0.05) is 37.3 Å². The van der Waals surface area contributed by atoms with E-state index in [0.717, 1.165) is 31.6 Å². The number of benzene rings is 1. The van der Waals surface area contributed by atoms with Gasteiger partial charge in [-0.15, -0.1) is 0 Å². The fourth-order valence-electron chi connectivity index (χ4n) is 2.36. The minimum Gasteiger partial charge on any atom is -0.394 e. The van der Waals surface area contributed by atoms with Crippen molar-refractivity contribution in [3.05, 3.63) is 35.9 Å². The first-order valence-corrected chi connectivity index (χ1v) is 7.34. The summed E-state index contributed by atoms with van der Waals surface area (Å²) in [5, 5.41) is 9.74. The highest BCUT2D eigenvalue weighted by molar-refractivity contribution is 5.24. The summed E-state index contributed by atoms with van der Waals surface area (Å²) in [4.78, 5) is 4.50. The van der Waals surface area contributed by atoms with Gasteiger partial charge >= 0.3 is 0 Å². The van der Waals surface area contributed by atoms with E-state index in [1.54, 1.807) is 0 Å². The zero-order valence-corrected chi connectivity index (χ0v) is 13.0. The molecule has 0 saturated carbocycles. The van der Waals surface area contributed by atoms with Crippen molar-refractivity contribution in [2.45, 2.75) is 18.9 Å². The molecule has 0 spiro atoms. The number of aliphatic hydroxyl groups excluding tert-OH is 1. The Labute approximate surface area is 123 Å². The molecule has 0 aromatic heterocycles. The molecule has 3 N–H and O–H groups in total. The summed E-state index contributed by atoms with van der Waals surface area (Å²) in [6, 6.07) is 9.88. The minimum atomic E-state index is -0.685. The van der Waals surface area contributed by atoms with Gasteiger partial charge < -0.3 is 20.6 Å². The van der Waals surface area contributed by atoms with Crippen LogP contribution in [0.25, 0.3) is 0 Å². The molecule has 0 radical (unpaired) electrons. The standard InChI is InChI=1S/C16H29N3O/c1-4-19(12-8-11-18(2)3)13-16(17,14-20)15-9-6-5-7-10-15/h5-7,9-10,20H,4,8,11-14,17H2,1-3H3. The van der Waals surface area contributed by atoms with Crippen LogP contribution >= 0.6 is 0 Å². The molecule has 1 rings (SSSR count). The third-order valence-electron chi connectivity index (χ3n) is 3.66. The SMILES string of the molecule is CCN(CCCN(C)C)CC(N)(CO)c1ccccc1. The van der Waals surface area contributed by atoms with Crippen LogP contribution in [0.1, 0.15) is 18.9 Å². The Bertz CT molecular complexity index is 369. The van der Waals surface area contributed by atoms with E-state index < -0.39 is 5.54 Å². The Morgan fingerprint density at radius 2 is 1.80 bits per heavy atom. The number of hydrogen-bond donors (Lipinski definition) is 2. The smallest absolute Gasteiger partial charge is 0.0772 e. The van der Waals surface area contributed by atoms with Crippen LogP contribution in [0.3, 0.4) is 0 Å². The largest absolute Gasteiger partial charge is 0.394 e. The van der Waals surface area contributed by atoms with Gasteiger partial charge in [0.05, 0.1) is 12.1 Å². The molecule has 20 heavy (non-hydrogen) atoms. The van der Waals surface area contributed by atoms with Crippen LogP contribution < -0.4 is 5.73 Å². The predicted octanol–water partition coefficient (Wildman–Crippen LogP) is 1.11. The average molecular weight is 279 g/mol. The van der Waals surface area contributed by atoms with Crippen LogP contribution in [0.5, 0.6) is 0 Å². The van der Waals surface area contributed by atoms with Gasteiger partial charge in [-0.3, -0.25) is 0 Å². The molecule has 0 amide bonds. The molecule has 4 heteroatoms. The normalized spacial score (nSPS) is 14.8. The van der Waals surface area contributed by atoms with Crippen molar-refractivity contribution in [3.8, 4) is 0 Å². The van der Waals surface area contributed by atoms with Crippen molar-refractivity contribution in [1.29, 1.82) is 0 Å². The first-order valence-electron chi connectivity index (χ1n) is 7.34. The molecule has 0 aliphatic carbocycles. The molecule has 114 valence electrons. The summed E-state index contributed by atoms with van der Waals surface area (Å²) < 4.78 is 0. The number of rotatable bonds is 9. The molecular formula is C16H29N3O. The molecule has 1 aromatic rings. The second kappa shape index (κ2) is 8.37. The molecule has 0 saturated heterocycles. The van der Waals surface area contributed by atoms with Gasteiger partial charge in [0.25, 0.3) is 0 Å². The molecular weight excluding hydrogens is 250 g/mol. The van der Waals surface area contributed by atoms with E-state index >= 15 is 0 Å². The summed E-state index contributed by atoms with van der Waals surface area (Å²) in [7, 11) is 4.17. The van der Waals surface area contributed by atoms with Gasteiger partial charge in [0.2, 0.25) is 0 Å². The van der Waals surface area contributed by atoms with E-state index in [0.29, 0.717) is 6.54 Å². The lowest BCUT2D eigenvalue weighted by Gasteiger charge is -2.34. The van der Waals surface area contributed by atoms with Crippen LogP contribution in [0, 0.1) is 0 Å². The summed E-state index contributed by atoms with van der Waals surface area (Å²) >= 11 is 0. The molecule has 0 aliphatic heterocycles. The zero-order valence-electron chi connectivity index (χ0n) is 13.0. The van der Waals surface area contributed by atoms with Crippen molar-refractivity contribution in [2.75, 3.05) is 46.9 Å². The first kappa shape index (κ1) is 17.1. The van der Waals surface area contributed by atoms with Gasteiger partial charge in [0.1, 0.15) is 0 Å². The molecule has 0 bridgehead atoms. The highest BCUT2D eigenvalue weighted by atomic mass is 16.3. The van der Waals surface area contributed by atoms with E-state index in [1.807, 2.05) is 30.3 Å². The zero-order chi connectivity index (χ0) is 15.0. The monoisotopic (exact) mass is 279 g/mol. The second-order valence-electron chi connectivity index (χ2n) is 5.71. The summed E-state index contributed by atoms with van der Waals surface area (Å²) in [6.07, 6.45) is 1.11. The molecule has 0 heterocycles. The van der Waals surface area contributed by atoms with Gasteiger partial charge in [-0.25, -0.2) is 0 Å². The van der Waals surface area contributed by atoms with Crippen LogP contribution in [0.4, 0.5) is 0 Å². The van der Waals surface area contributed by atoms with Crippen LogP contribution in [0.15, 0.2) is 30.3 Å². The van der Waals surface area contributed by atoms with Crippen LogP contribution in [-0.2, 0) is 5.54 Å². The molecule has 4 nitrogen and oxygen atoms in total. The number of likely N-dealkylation sites (N-methyl/N-ethyl adjacent to an activating group) is 1. The number of nitrogens with two attached hydrogens (primary N) is 1. The van der Waals surface area contributed by atoms with Gasteiger partial charge in [0, 0.05) is 6.54 Å². The minimum absolute atomic E-state index is 0.0405. The van der Waals surface area contributed by atoms with Crippen molar-refractivity contribution in [2.24, 2.45) is 5.73 Å². The van der Waals surface area contributed by atoms with Crippen molar-refractivity contribution in [3.63, 3.8) is 0 Å². The maximum absolute atomic E-state index is 9.74. The lowest BCUT2D eigenvalue weighted by atomic mass is 9.91. The summed E-state index contributed by atoms with van der Waals surface area (Å²) in [5.74, 6) is 0. The van der Waals surface area contributed by atoms with E-state index in [-0.39, 0.29) is 6.61 Å². The lowest BCUT2D eigenvalue weighted by molar-refractivity contribution is 0.136. The Morgan fingerprint density at radius 3 is 2.30 bits per heavy atom. The summed E-state index contributed by atoms with van der Waals surface area (Å²) in [6.45, 7) is 5.79. The Morgan fingerprint density at radius 1 is 1.15 bits per heavy atom. The molecule has 0 aliphatic rings. The first-order chi connectivity index (χ1) is 9.51. The number of nitrogens with zero attached hydrogens (tertiary/aromatic N) is 2. The second-order valence-corrected chi connectivity index (χ2v) is 5.71. The third kappa shape index (κ3) is 5.21. The van der Waals surface area contributed by atoms with E-state index in [1.165, 1.54) is 0 Å². The van der Waals surface area contributed by atoms with E-state index in [2.05, 4.69) is 30.8 Å². The average Bonchev–Trinajstić information content (AvgIpc) is 2.46. The van der Waals surface area contributed by atoms with Gasteiger partial charge in [-0.2, -0.15) is 0 Å². The number of aliphatic hydroxyl groups is 1. The third-order valence-corrected chi connectivity index (χ3v) is 3.66. The highest BCUT2D eigenvalue weighted by Crippen LogP contribution is 2.19. The van der Waals surface area contributed by atoms with Crippen LogP contribution in [0.2, 0.25) is 0 Å². The Kier molecular flexibility index (Phi) is 7.16. The molecule has 1 aromatic carbocycles. The van der Waals surface area contributed by atoms with E-state index in [4.69, 9.17) is 5.73 Å². The fourth-order valence-corrected chi connectivity index (χ4v) is 2.36. The van der Waals surface area contributed by atoms with Gasteiger partial charge in [0.15, 0.2) is 0 Å². The quantitative estimate of drug-likeness (QED) is 0.711. The summed E-state index contributed by atoms with van der Waals surface area (Å²) in [5.41, 5.74) is 6.73.